The Bertz CT molecular complexity index is 718. The van der Waals surface area contributed by atoms with Crippen LogP contribution in [0, 0.1) is 0 Å². The first-order chi connectivity index (χ1) is 11.5. The van der Waals surface area contributed by atoms with Gasteiger partial charge in [-0.05, 0) is 31.5 Å². The number of carbonyl (C=O) groups is 2. The van der Waals surface area contributed by atoms with Crippen LogP contribution in [-0.4, -0.2) is 35.1 Å². The van der Waals surface area contributed by atoms with Gasteiger partial charge in [-0.25, -0.2) is 4.98 Å². The van der Waals surface area contributed by atoms with E-state index in [1.807, 2.05) is 6.07 Å². The number of benzene rings is 1. The molecule has 24 heavy (non-hydrogen) atoms. The molecule has 6 heteroatoms. The number of carboxylic acid groups (broad SMARTS) is 1. The Morgan fingerprint density at radius 3 is 2.54 bits per heavy atom. The summed E-state index contributed by atoms with van der Waals surface area (Å²) < 4.78 is 5.33. The first-order valence-electron chi connectivity index (χ1n) is 7.64. The number of hydrogen-bond acceptors (Lipinski definition) is 4. The number of nitrogens with one attached hydrogen (secondary N) is 1. The lowest BCUT2D eigenvalue weighted by Crippen LogP contribution is -2.44. The van der Waals surface area contributed by atoms with Gasteiger partial charge in [-0.3, -0.25) is 9.59 Å². The Kier molecular flexibility index (Phi) is 5.52. The topological polar surface area (TPSA) is 88.5 Å². The molecule has 1 heterocycles. The number of aliphatic carboxylic acids is 1. The van der Waals surface area contributed by atoms with E-state index in [9.17, 15) is 14.7 Å². The fourth-order valence-electron chi connectivity index (χ4n) is 2.27. The van der Waals surface area contributed by atoms with Gasteiger partial charge in [0.15, 0.2) is 0 Å². The third-order valence-electron chi connectivity index (χ3n) is 3.78. The third-order valence-corrected chi connectivity index (χ3v) is 3.78. The fourth-order valence-corrected chi connectivity index (χ4v) is 2.27. The SMILES string of the molecule is CCOc1ncccc1C(=O)NCC(C)(C(=O)O)c1ccccc1. The highest BCUT2D eigenvalue weighted by molar-refractivity contribution is 5.96. The van der Waals surface area contributed by atoms with Crippen molar-refractivity contribution in [1.82, 2.24) is 10.3 Å². The second-order valence-electron chi connectivity index (χ2n) is 5.48. The Morgan fingerprint density at radius 2 is 1.92 bits per heavy atom. The summed E-state index contributed by atoms with van der Waals surface area (Å²) in [4.78, 5) is 28.2. The molecule has 6 nitrogen and oxygen atoms in total. The molecule has 0 bridgehead atoms. The van der Waals surface area contributed by atoms with Crippen molar-refractivity contribution >= 4 is 11.9 Å². The second-order valence-corrected chi connectivity index (χ2v) is 5.48. The zero-order chi connectivity index (χ0) is 17.6. The lowest BCUT2D eigenvalue weighted by atomic mass is 9.82. The molecule has 1 amide bonds. The van der Waals surface area contributed by atoms with E-state index in [0.29, 0.717) is 12.2 Å². The standard InChI is InChI=1S/C18H20N2O4/c1-3-24-16-14(10-7-11-19-16)15(21)20-12-18(2,17(22)23)13-8-5-4-6-9-13/h4-11H,3,12H2,1-2H3,(H,20,21)(H,22,23). The molecule has 1 aromatic heterocycles. The molecule has 2 rings (SSSR count). The van der Waals surface area contributed by atoms with Crippen molar-refractivity contribution in [2.75, 3.05) is 13.2 Å². The van der Waals surface area contributed by atoms with Crippen LogP contribution in [0.5, 0.6) is 5.88 Å². The van der Waals surface area contributed by atoms with Gasteiger partial charge in [-0.15, -0.1) is 0 Å². The van der Waals surface area contributed by atoms with Gasteiger partial charge in [0.05, 0.1) is 6.61 Å². The van der Waals surface area contributed by atoms with Crippen LogP contribution in [0.4, 0.5) is 0 Å². The normalized spacial score (nSPS) is 12.9. The maximum atomic E-state index is 12.4. The number of hydrogen-bond donors (Lipinski definition) is 2. The van der Waals surface area contributed by atoms with E-state index in [0.717, 1.165) is 0 Å². The molecule has 0 aliphatic rings. The maximum Gasteiger partial charge on any atom is 0.315 e. The van der Waals surface area contributed by atoms with Gasteiger partial charge in [0.1, 0.15) is 11.0 Å². The Morgan fingerprint density at radius 1 is 1.21 bits per heavy atom. The third kappa shape index (κ3) is 3.71. The molecule has 0 saturated carbocycles. The van der Waals surface area contributed by atoms with Crippen molar-refractivity contribution in [2.24, 2.45) is 0 Å². The predicted molar refractivity (Wildman–Crippen MR) is 89.2 cm³/mol. The monoisotopic (exact) mass is 328 g/mol. The van der Waals surface area contributed by atoms with Crippen LogP contribution >= 0.6 is 0 Å². The summed E-state index contributed by atoms with van der Waals surface area (Å²) in [6.45, 7) is 3.71. The first kappa shape index (κ1) is 17.5. The molecule has 1 atom stereocenters. The Balaban J connectivity index is 2.19. The molecule has 2 aromatic rings. The van der Waals surface area contributed by atoms with E-state index < -0.39 is 17.3 Å². The van der Waals surface area contributed by atoms with E-state index in [2.05, 4.69) is 10.3 Å². The van der Waals surface area contributed by atoms with Crippen molar-refractivity contribution in [1.29, 1.82) is 0 Å². The molecule has 0 aliphatic heterocycles. The quantitative estimate of drug-likeness (QED) is 0.814. The molecule has 0 aliphatic carbocycles. The molecule has 0 saturated heterocycles. The number of aromatic nitrogens is 1. The maximum absolute atomic E-state index is 12.4. The highest BCUT2D eigenvalue weighted by Gasteiger charge is 2.35. The Labute approximate surface area is 140 Å². The van der Waals surface area contributed by atoms with E-state index >= 15 is 0 Å². The van der Waals surface area contributed by atoms with Gasteiger partial charge in [-0.2, -0.15) is 0 Å². The number of carboxylic acids is 1. The van der Waals surface area contributed by atoms with Crippen molar-refractivity contribution in [3.8, 4) is 5.88 Å². The molecule has 2 N–H and O–H groups in total. The lowest BCUT2D eigenvalue weighted by molar-refractivity contribution is -0.142. The fraction of sp³-hybridized carbons (Fsp3) is 0.278. The number of nitrogens with zero attached hydrogens (tertiary/aromatic N) is 1. The number of ether oxygens (including phenoxy) is 1. The molecule has 0 fully saturated rings. The number of carbonyl (C=O) groups excluding carboxylic acids is 1. The highest BCUT2D eigenvalue weighted by Crippen LogP contribution is 2.24. The summed E-state index contributed by atoms with van der Waals surface area (Å²) in [5, 5.41) is 12.3. The summed E-state index contributed by atoms with van der Waals surface area (Å²) >= 11 is 0. The van der Waals surface area contributed by atoms with E-state index in [1.54, 1.807) is 50.2 Å². The minimum absolute atomic E-state index is 0.0500. The van der Waals surface area contributed by atoms with Crippen LogP contribution in [0.3, 0.4) is 0 Å². The summed E-state index contributed by atoms with van der Waals surface area (Å²) in [6.07, 6.45) is 1.53. The Hall–Kier alpha value is -2.89. The predicted octanol–water partition coefficient (Wildman–Crippen LogP) is 2.25. The second kappa shape index (κ2) is 7.59. The molecule has 126 valence electrons. The van der Waals surface area contributed by atoms with Gasteiger partial charge in [0.2, 0.25) is 5.88 Å². The molecule has 0 radical (unpaired) electrons. The first-order valence-corrected chi connectivity index (χ1v) is 7.64. The van der Waals surface area contributed by atoms with Crippen LogP contribution in [0.15, 0.2) is 48.7 Å². The van der Waals surface area contributed by atoms with E-state index in [4.69, 9.17) is 4.74 Å². The summed E-state index contributed by atoms with van der Waals surface area (Å²) in [5.74, 6) is -1.20. The number of pyridine rings is 1. The smallest absolute Gasteiger partial charge is 0.315 e. The molecular formula is C18H20N2O4. The van der Waals surface area contributed by atoms with Crippen LogP contribution in [0.2, 0.25) is 0 Å². The average molecular weight is 328 g/mol. The van der Waals surface area contributed by atoms with Crippen molar-refractivity contribution in [3.63, 3.8) is 0 Å². The molecule has 0 spiro atoms. The molecule has 1 unspecified atom stereocenters. The number of amides is 1. The van der Waals surface area contributed by atoms with Gasteiger partial charge >= 0.3 is 5.97 Å². The molecule has 1 aromatic carbocycles. The number of rotatable bonds is 7. The van der Waals surface area contributed by atoms with Crippen molar-refractivity contribution in [2.45, 2.75) is 19.3 Å². The minimum Gasteiger partial charge on any atom is -0.481 e. The summed E-state index contributed by atoms with van der Waals surface area (Å²) in [5.41, 5.74) is -0.334. The van der Waals surface area contributed by atoms with Gasteiger partial charge in [0.25, 0.3) is 5.91 Å². The van der Waals surface area contributed by atoms with Crippen LogP contribution < -0.4 is 10.1 Å². The van der Waals surface area contributed by atoms with E-state index in [1.165, 1.54) is 6.20 Å². The van der Waals surface area contributed by atoms with Crippen LogP contribution in [0.25, 0.3) is 0 Å². The molecular weight excluding hydrogens is 308 g/mol. The van der Waals surface area contributed by atoms with Crippen molar-refractivity contribution < 1.29 is 19.4 Å². The van der Waals surface area contributed by atoms with Crippen LogP contribution in [-0.2, 0) is 10.2 Å². The minimum atomic E-state index is -1.23. The van der Waals surface area contributed by atoms with Gasteiger partial charge in [0, 0.05) is 12.7 Å². The van der Waals surface area contributed by atoms with Crippen LogP contribution in [0.1, 0.15) is 29.8 Å². The summed E-state index contributed by atoms with van der Waals surface area (Å²) in [7, 11) is 0. The summed E-state index contributed by atoms with van der Waals surface area (Å²) in [6, 6.07) is 12.0. The van der Waals surface area contributed by atoms with Gasteiger partial charge in [-0.1, -0.05) is 30.3 Å². The van der Waals surface area contributed by atoms with E-state index in [-0.39, 0.29) is 18.0 Å². The zero-order valence-corrected chi connectivity index (χ0v) is 13.7. The van der Waals surface area contributed by atoms with Crippen molar-refractivity contribution in [3.05, 3.63) is 59.8 Å². The largest absolute Gasteiger partial charge is 0.481 e. The average Bonchev–Trinajstić information content (AvgIpc) is 2.60. The van der Waals surface area contributed by atoms with Gasteiger partial charge < -0.3 is 15.2 Å². The lowest BCUT2D eigenvalue weighted by Gasteiger charge is -2.25. The highest BCUT2D eigenvalue weighted by atomic mass is 16.5. The zero-order valence-electron chi connectivity index (χ0n) is 13.7.